The van der Waals surface area contributed by atoms with Crippen LogP contribution < -0.4 is 4.74 Å². The van der Waals surface area contributed by atoms with Gasteiger partial charge in [0, 0.05) is 0 Å². The van der Waals surface area contributed by atoms with Crippen LogP contribution in [0, 0.1) is 0 Å². The summed E-state index contributed by atoms with van der Waals surface area (Å²) in [6.07, 6.45) is 1.13. The molecule has 2 N–H and O–H groups in total. The van der Waals surface area contributed by atoms with E-state index in [9.17, 15) is 5.11 Å². The molecule has 1 unspecified atom stereocenters. The Morgan fingerprint density at radius 3 is 2.88 bits per heavy atom. The van der Waals surface area contributed by atoms with E-state index in [1.165, 1.54) is 0 Å². The van der Waals surface area contributed by atoms with Gasteiger partial charge in [-0.15, -0.1) is 0 Å². The lowest BCUT2D eigenvalue weighted by Gasteiger charge is -2.32. The maximum atomic E-state index is 9.54. The lowest BCUT2D eigenvalue weighted by atomic mass is 9.92. The number of rotatable bonds is 2. The van der Waals surface area contributed by atoms with Gasteiger partial charge in [0.25, 0.3) is 0 Å². The van der Waals surface area contributed by atoms with E-state index in [2.05, 4.69) is 13.8 Å². The van der Waals surface area contributed by atoms with E-state index in [-0.39, 0.29) is 12.2 Å². The Hall–Kier alpha value is -1.06. The second-order valence-electron chi connectivity index (χ2n) is 4.93. The van der Waals surface area contributed by atoms with Gasteiger partial charge in [0.1, 0.15) is 17.5 Å². The van der Waals surface area contributed by atoms with E-state index in [1.54, 1.807) is 6.07 Å². The molecule has 0 bridgehead atoms. The third-order valence-electron chi connectivity index (χ3n) is 3.02. The molecular weight excluding hydrogens is 204 g/mol. The standard InChI is InChI=1S/C13H18O3/c1-13(2)6-5-10-7-9(11(15)8-14)3-4-12(10)16-13/h3-4,7,11,14-15H,5-6,8H2,1-2H3. The average molecular weight is 222 g/mol. The Morgan fingerprint density at radius 1 is 1.44 bits per heavy atom. The van der Waals surface area contributed by atoms with Crippen LogP contribution in [-0.4, -0.2) is 22.4 Å². The molecule has 1 atom stereocenters. The van der Waals surface area contributed by atoms with Crippen LogP contribution in [0.5, 0.6) is 5.75 Å². The summed E-state index contributed by atoms with van der Waals surface area (Å²) in [5, 5.41) is 18.4. The fraction of sp³-hybridized carbons (Fsp3) is 0.538. The van der Waals surface area contributed by atoms with Gasteiger partial charge < -0.3 is 14.9 Å². The minimum absolute atomic E-state index is 0.107. The molecule has 0 amide bonds. The predicted molar refractivity (Wildman–Crippen MR) is 61.5 cm³/mol. The van der Waals surface area contributed by atoms with Crippen molar-refractivity contribution in [1.29, 1.82) is 0 Å². The Bertz CT molecular complexity index is 385. The molecule has 2 rings (SSSR count). The molecular formula is C13H18O3. The van der Waals surface area contributed by atoms with E-state index >= 15 is 0 Å². The first-order chi connectivity index (χ1) is 7.52. The minimum atomic E-state index is -0.791. The normalized spacial score (nSPS) is 19.8. The van der Waals surface area contributed by atoms with Crippen LogP contribution in [0.4, 0.5) is 0 Å². The van der Waals surface area contributed by atoms with Crippen LogP contribution in [0.1, 0.15) is 37.5 Å². The molecule has 1 aliphatic rings. The number of fused-ring (bicyclic) bond motifs is 1. The van der Waals surface area contributed by atoms with Crippen molar-refractivity contribution in [3.63, 3.8) is 0 Å². The van der Waals surface area contributed by atoms with Crippen molar-refractivity contribution in [3.8, 4) is 5.75 Å². The molecule has 0 aliphatic carbocycles. The number of aliphatic hydroxyl groups excluding tert-OH is 2. The highest BCUT2D eigenvalue weighted by molar-refractivity contribution is 5.40. The van der Waals surface area contributed by atoms with Crippen molar-refractivity contribution in [2.75, 3.05) is 6.61 Å². The fourth-order valence-corrected chi connectivity index (χ4v) is 1.99. The summed E-state index contributed by atoms with van der Waals surface area (Å²) in [7, 11) is 0. The van der Waals surface area contributed by atoms with Crippen molar-refractivity contribution in [2.45, 2.75) is 38.4 Å². The van der Waals surface area contributed by atoms with Crippen LogP contribution in [-0.2, 0) is 6.42 Å². The van der Waals surface area contributed by atoms with Crippen LogP contribution in [0.25, 0.3) is 0 Å². The zero-order valence-electron chi connectivity index (χ0n) is 9.73. The predicted octanol–water partition coefficient (Wildman–Crippen LogP) is 1.82. The van der Waals surface area contributed by atoms with Gasteiger partial charge in [-0.1, -0.05) is 6.07 Å². The van der Waals surface area contributed by atoms with Gasteiger partial charge in [-0.2, -0.15) is 0 Å². The fourth-order valence-electron chi connectivity index (χ4n) is 1.99. The molecule has 3 heteroatoms. The average Bonchev–Trinajstić information content (AvgIpc) is 2.26. The summed E-state index contributed by atoms with van der Waals surface area (Å²) in [5.41, 5.74) is 1.76. The summed E-state index contributed by atoms with van der Waals surface area (Å²) in [4.78, 5) is 0. The zero-order valence-corrected chi connectivity index (χ0v) is 9.73. The Kier molecular flexibility index (Phi) is 2.91. The third-order valence-corrected chi connectivity index (χ3v) is 3.02. The van der Waals surface area contributed by atoms with E-state index in [4.69, 9.17) is 9.84 Å². The first-order valence-corrected chi connectivity index (χ1v) is 5.62. The number of ether oxygens (including phenoxy) is 1. The number of aryl methyl sites for hydroxylation is 1. The van der Waals surface area contributed by atoms with Crippen LogP contribution in [0.15, 0.2) is 18.2 Å². The topological polar surface area (TPSA) is 49.7 Å². The molecule has 88 valence electrons. The highest BCUT2D eigenvalue weighted by Gasteiger charge is 2.26. The highest BCUT2D eigenvalue weighted by Crippen LogP contribution is 2.34. The van der Waals surface area contributed by atoms with Gasteiger partial charge in [-0.3, -0.25) is 0 Å². The monoisotopic (exact) mass is 222 g/mol. The van der Waals surface area contributed by atoms with E-state index in [0.29, 0.717) is 0 Å². The maximum absolute atomic E-state index is 9.54. The zero-order chi connectivity index (χ0) is 11.8. The van der Waals surface area contributed by atoms with Crippen LogP contribution >= 0.6 is 0 Å². The van der Waals surface area contributed by atoms with Gasteiger partial charge in [-0.25, -0.2) is 0 Å². The summed E-state index contributed by atoms with van der Waals surface area (Å²) in [5.74, 6) is 0.894. The quantitative estimate of drug-likeness (QED) is 0.802. The van der Waals surface area contributed by atoms with E-state index in [1.807, 2.05) is 12.1 Å². The molecule has 16 heavy (non-hydrogen) atoms. The van der Waals surface area contributed by atoms with Crippen LogP contribution in [0.2, 0.25) is 0 Å². The SMILES string of the molecule is CC1(C)CCc2cc(C(O)CO)ccc2O1. The van der Waals surface area contributed by atoms with Gasteiger partial charge in [-0.05, 0) is 49.9 Å². The lowest BCUT2D eigenvalue weighted by molar-refractivity contribution is 0.0828. The summed E-state index contributed by atoms with van der Waals surface area (Å²) < 4.78 is 5.84. The van der Waals surface area contributed by atoms with Crippen LogP contribution in [0.3, 0.4) is 0 Å². The molecule has 0 saturated heterocycles. The minimum Gasteiger partial charge on any atom is -0.488 e. The van der Waals surface area contributed by atoms with Crippen molar-refractivity contribution in [2.24, 2.45) is 0 Å². The molecule has 0 radical (unpaired) electrons. The molecule has 3 nitrogen and oxygen atoms in total. The molecule has 0 fully saturated rings. The summed E-state index contributed by atoms with van der Waals surface area (Å²) in [6.45, 7) is 3.91. The summed E-state index contributed by atoms with van der Waals surface area (Å²) in [6, 6.07) is 5.61. The van der Waals surface area contributed by atoms with Gasteiger partial charge in [0.15, 0.2) is 0 Å². The molecule has 1 aliphatic heterocycles. The first kappa shape index (κ1) is 11.4. The highest BCUT2D eigenvalue weighted by atomic mass is 16.5. The van der Waals surface area contributed by atoms with E-state index < -0.39 is 6.10 Å². The van der Waals surface area contributed by atoms with Gasteiger partial charge in [0.05, 0.1) is 6.61 Å². The Morgan fingerprint density at radius 2 is 2.19 bits per heavy atom. The smallest absolute Gasteiger partial charge is 0.123 e. The maximum Gasteiger partial charge on any atom is 0.123 e. The Balaban J connectivity index is 2.28. The summed E-state index contributed by atoms with van der Waals surface area (Å²) >= 11 is 0. The lowest BCUT2D eigenvalue weighted by Crippen LogP contribution is -2.32. The number of hydrogen-bond donors (Lipinski definition) is 2. The number of benzene rings is 1. The third kappa shape index (κ3) is 2.20. The van der Waals surface area contributed by atoms with Crippen molar-refractivity contribution in [3.05, 3.63) is 29.3 Å². The van der Waals surface area contributed by atoms with Crippen molar-refractivity contribution >= 4 is 0 Å². The number of aliphatic hydroxyl groups is 2. The van der Waals surface area contributed by atoms with E-state index in [0.717, 1.165) is 29.7 Å². The molecule has 1 heterocycles. The number of hydrogen-bond acceptors (Lipinski definition) is 3. The molecule has 0 saturated carbocycles. The van der Waals surface area contributed by atoms with Crippen molar-refractivity contribution in [1.82, 2.24) is 0 Å². The molecule has 0 aromatic heterocycles. The first-order valence-electron chi connectivity index (χ1n) is 5.62. The van der Waals surface area contributed by atoms with Gasteiger partial charge >= 0.3 is 0 Å². The second kappa shape index (κ2) is 4.07. The van der Waals surface area contributed by atoms with Crippen molar-refractivity contribution < 1.29 is 14.9 Å². The molecule has 1 aromatic carbocycles. The second-order valence-corrected chi connectivity index (χ2v) is 4.93. The molecule has 0 spiro atoms. The largest absolute Gasteiger partial charge is 0.488 e. The molecule has 1 aromatic rings. The van der Waals surface area contributed by atoms with Gasteiger partial charge in [0.2, 0.25) is 0 Å². The Labute approximate surface area is 95.7 Å².